The van der Waals surface area contributed by atoms with Crippen molar-refractivity contribution in [1.82, 2.24) is 0 Å². The van der Waals surface area contributed by atoms with Crippen molar-refractivity contribution >= 4 is 0 Å². The van der Waals surface area contributed by atoms with E-state index in [1.165, 1.54) is 24.8 Å². The number of rotatable bonds is 2. The number of nitrogens with two attached hydrogens (primary N) is 1. The van der Waals surface area contributed by atoms with Gasteiger partial charge < -0.3 is 5.73 Å². The standard InChI is InChI=1S/C13H19N/c1-10-4-2-5-11-6-3-7-12(8-9-14)13(10)11/h2,4-5,12H,3,6-9,14H2,1H3. The SMILES string of the molecule is Cc1cccc2c1C(CCN)CCC2. The van der Waals surface area contributed by atoms with Gasteiger partial charge in [-0.3, -0.25) is 0 Å². The molecule has 0 aromatic heterocycles. The van der Waals surface area contributed by atoms with Crippen LogP contribution in [0.1, 0.15) is 41.9 Å². The third-order valence-electron chi connectivity index (χ3n) is 3.34. The van der Waals surface area contributed by atoms with Crippen LogP contribution in [0.25, 0.3) is 0 Å². The number of hydrogen-bond donors (Lipinski definition) is 1. The average molecular weight is 189 g/mol. The van der Waals surface area contributed by atoms with E-state index in [0.29, 0.717) is 0 Å². The summed E-state index contributed by atoms with van der Waals surface area (Å²) in [6.45, 7) is 3.05. The molecule has 0 radical (unpaired) electrons. The Bertz CT molecular complexity index is 317. The molecule has 0 heterocycles. The van der Waals surface area contributed by atoms with E-state index in [0.717, 1.165) is 18.9 Å². The van der Waals surface area contributed by atoms with E-state index in [1.807, 2.05) is 0 Å². The van der Waals surface area contributed by atoms with E-state index < -0.39 is 0 Å². The van der Waals surface area contributed by atoms with Gasteiger partial charge in [0.1, 0.15) is 0 Å². The minimum Gasteiger partial charge on any atom is -0.330 e. The average Bonchev–Trinajstić information content (AvgIpc) is 2.19. The second kappa shape index (κ2) is 4.14. The summed E-state index contributed by atoms with van der Waals surface area (Å²) >= 11 is 0. The van der Waals surface area contributed by atoms with Gasteiger partial charge in [-0.2, -0.15) is 0 Å². The van der Waals surface area contributed by atoms with Crippen molar-refractivity contribution in [3.8, 4) is 0 Å². The molecule has 0 aliphatic heterocycles. The van der Waals surface area contributed by atoms with Crippen LogP contribution in [0.5, 0.6) is 0 Å². The van der Waals surface area contributed by atoms with Crippen LogP contribution in [0.2, 0.25) is 0 Å². The lowest BCUT2D eigenvalue weighted by atomic mass is 9.79. The Balaban J connectivity index is 2.36. The zero-order valence-corrected chi connectivity index (χ0v) is 8.92. The molecule has 1 nitrogen and oxygen atoms in total. The minimum atomic E-state index is 0.727. The van der Waals surface area contributed by atoms with Crippen LogP contribution in [0, 0.1) is 6.92 Å². The smallest absolute Gasteiger partial charge is 0.00714 e. The molecule has 1 aromatic carbocycles. The quantitative estimate of drug-likeness (QED) is 0.760. The van der Waals surface area contributed by atoms with Crippen LogP contribution >= 0.6 is 0 Å². The molecule has 0 saturated carbocycles. The molecule has 1 aliphatic carbocycles. The molecule has 2 N–H and O–H groups in total. The largest absolute Gasteiger partial charge is 0.330 e. The minimum absolute atomic E-state index is 0.727. The molecule has 1 heteroatoms. The summed E-state index contributed by atoms with van der Waals surface area (Å²) in [5.74, 6) is 0.727. The van der Waals surface area contributed by atoms with Crippen molar-refractivity contribution < 1.29 is 0 Å². The van der Waals surface area contributed by atoms with Gasteiger partial charge in [-0.1, -0.05) is 18.2 Å². The highest BCUT2D eigenvalue weighted by Crippen LogP contribution is 2.35. The molecule has 2 rings (SSSR count). The summed E-state index contributed by atoms with van der Waals surface area (Å²) in [4.78, 5) is 0. The summed E-state index contributed by atoms with van der Waals surface area (Å²) in [7, 11) is 0. The Kier molecular flexibility index (Phi) is 2.87. The van der Waals surface area contributed by atoms with E-state index in [9.17, 15) is 0 Å². The fraction of sp³-hybridized carbons (Fsp3) is 0.538. The van der Waals surface area contributed by atoms with E-state index in [4.69, 9.17) is 5.73 Å². The van der Waals surface area contributed by atoms with Crippen molar-refractivity contribution in [2.45, 2.75) is 38.5 Å². The molecular formula is C13H19N. The van der Waals surface area contributed by atoms with Crippen LogP contribution in [0.15, 0.2) is 18.2 Å². The monoisotopic (exact) mass is 189 g/mol. The molecule has 0 amide bonds. The van der Waals surface area contributed by atoms with Crippen molar-refractivity contribution in [2.75, 3.05) is 6.54 Å². The molecular weight excluding hydrogens is 170 g/mol. The van der Waals surface area contributed by atoms with Gasteiger partial charge >= 0.3 is 0 Å². The maximum Gasteiger partial charge on any atom is -0.00714 e. The van der Waals surface area contributed by atoms with Gasteiger partial charge in [-0.25, -0.2) is 0 Å². The number of aryl methyl sites for hydroxylation is 2. The van der Waals surface area contributed by atoms with E-state index in [2.05, 4.69) is 25.1 Å². The molecule has 1 atom stereocenters. The first kappa shape index (κ1) is 9.72. The van der Waals surface area contributed by atoms with E-state index >= 15 is 0 Å². The maximum absolute atomic E-state index is 5.67. The molecule has 1 aliphatic rings. The van der Waals surface area contributed by atoms with Crippen LogP contribution in [-0.2, 0) is 6.42 Å². The first-order valence-electron chi connectivity index (χ1n) is 5.61. The Morgan fingerprint density at radius 1 is 1.43 bits per heavy atom. The lowest BCUT2D eigenvalue weighted by Gasteiger charge is -2.26. The molecule has 0 bridgehead atoms. The summed E-state index contributed by atoms with van der Waals surface area (Å²) in [6.07, 6.45) is 5.08. The highest BCUT2D eigenvalue weighted by Gasteiger charge is 2.20. The summed E-state index contributed by atoms with van der Waals surface area (Å²) in [5, 5.41) is 0. The molecule has 0 saturated heterocycles. The van der Waals surface area contributed by atoms with Crippen LogP contribution in [-0.4, -0.2) is 6.54 Å². The van der Waals surface area contributed by atoms with Gasteiger partial charge in [0, 0.05) is 0 Å². The fourth-order valence-corrected chi connectivity index (χ4v) is 2.72. The van der Waals surface area contributed by atoms with Crippen molar-refractivity contribution in [3.63, 3.8) is 0 Å². The highest BCUT2D eigenvalue weighted by atomic mass is 14.5. The Morgan fingerprint density at radius 2 is 2.29 bits per heavy atom. The Labute approximate surface area is 86.3 Å². The third kappa shape index (κ3) is 1.69. The lowest BCUT2D eigenvalue weighted by Crippen LogP contribution is -2.15. The highest BCUT2D eigenvalue weighted by molar-refractivity contribution is 5.39. The molecule has 14 heavy (non-hydrogen) atoms. The van der Waals surface area contributed by atoms with Crippen molar-refractivity contribution in [2.24, 2.45) is 5.73 Å². The topological polar surface area (TPSA) is 26.0 Å². The second-order valence-electron chi connectivity index (χ2n) is 4.31. The fourth-order valence-electron chi connectivity index (χ4n) is 2.72. The van der Waals surface area contributed by atoms with Gasteiger partial charge in [0.15, 0.2) is 0 Å². The van der Waals surface area contributed by atoms with Crippen molar-refractivity contribution in [3.05, 3.63) is 34.9 Å². The zero-order chi connectivity index (χ0) is 9.97. The predicted octanol–water partition coefficient (Wildman–Crippen LogP) is 2.76. The lowest BCUT2D eigenvalue weighted by molar-refractivity contribution is 0.523. The van der Waals surface area contributed by atoms with Gasteiger partial charge in [-0.05, 0) is 61.8 Å². The Morgan fingerprint density at radius 3 is 3.07 bits per heavy atom. The number of benzene rings is 1. The normalized spacial score (nSPS) is 20.6. The maximum atomic E-state index is 5.67. The van der Waals surface area contributed by atoms with Gasteiger partial charge in [0.25, 0.3) is 0 Å². The van der Waals surface area contributed by atoms with Crippen LogP contribution < -0.4 is 5.73 Å². The summed E-state index contributed by atoms with van der Waals surface area (Å²) in [6, 6.07) is 6.69. The van der Waals surface area contributed by atoms with Crippen molar-refractivity contribution in [1.29, 1.82) is 0 Å². The first-order chi connectivity index (χ1) is 6.83. The predicted molar refractivity (Wildman–Crippen MR) is 60.5 cm³/mol. The molecule has 1 unspecified atom stereocenters. The summed E-state index contributed by atoms with van der Waals surface area (Å²) < 4.78 is 0. The Hall–Kier alpha value is -0.820. The molecule has 76 valence electrons. The zero-order valence-electron chi connectivity index (χ0n) is 8.92. The van der Waals surface area contributed by atoms with E-state index in [-0.39, 0.29) is 0 Å². The van der Waals surface area contributed by atoms with Crippen LogP contribution in [0.3, 0.4) is 0 Å². The molecule has 0 fully saturated rings. The number of fused-ring (bicyclic) bond motifs is 1. The van der Waals surface area contributed by atoms with Crippen LogP contribution in [0.4, 0.5) is 0 Å². The second-order valence-corrected chi connectivity index (χ2v) is 4.31. The van der Waals surface area contributed by atoms with E-state index in [1.54, 1.807) is 11.1 Å². The molecule has 0 spiro atoms. The number of hydrogen-bond acceptors (Lipinski definition) is 1. The molecule has 1 aromatic rings. The van der Waals surface area contributed by atoms with Gasteiger partial charge in [0.2, 0.25) is 0 Å². The summed E-state index contributed by atoms with van der Waals surface area (Å²) in [5.41, 5.74) is 10.3. The van der Waals surface area contributed by atoms with Gasteiger partial charge in [0.05, 0.1) is 0 Å². The first-order valence-corrected chi connectivity index (χ1v) is 5.61. The van der Waals surface area contributed by atoms with Gasteiger partial charge in [-0.15, -0.1) is 0 Å². The third-order valence-corrected chi connectivity index (χ3v) is 3.34.